The number of aryl methyl sites for hydroxylation is 2. The third-order valence-corrected chi connectivity index (χ3v) is 2.61. The molecule has 0 unspecified atom stereocenters. The van der Waals surface area contributed by atoms with Gasteiger partial charge >= 0.3 is 8.60 Å². The number of unbranched alkanes of at least 4 members (excludes halogenated alkanes) is 1. The summed E-state index contributed by atoms with van der Waals surface area (Å²) >= 11 is 0. The van der Waals surface area contributed by atoms with E-state index < -0.39 is 8.60 Å². The molecule has 100 valence electrons. The summed E-state index contributed by atoms with van der Waals surface area (Å²) in [5.74, 6) is 0. The molecule has 17 heavy (non-hydrogen) atoms. The van der Waals surface area contributed by atoms with Crippen LogP contribution in [0.5, 0.6) is 0 Å². The topological polar surface area (TPSA) is 58.5 Å². The van der Waals surface area contributed by atoms with E-state index >= 15 is 0 Å². The minimum absolute atomic E-state index is 0.360. The Bertz CT molecular complexity index is 279. The van der Waals surface area contributed by atoms with Crippen LogP contribution in [0.2, 0.25) is 0 Å². The van der Waals surface area contributed by atoms with Crippen LogP contribution in [0.3, 0.4) is 0 Å². The van der Waals surface area contributed by atoms with Crippen LogP contribution in [0.25, 0.3) is 0 Å². The van der Waals surface area contributed by atoms with Crippen LogP contribution < -0.4 is 4.57 Å². The summed E-state index contributed by atoms with van der Waals surface area (Å²) in [5, 5.41) is 0. The van der Waals surface area contributed by atoms with E-state index in [9.17, 15) is 0 Å². The molecule has 0 aliphatic heterocycles. The number of aromatic nitrogens is 2. The summed E-state index contributed by atoms with van der Waals surface area (Å²) in [5.41, 5.74) is 0. The maximum atomic E-state index is 7.95. The molecular weight excluding hydrogens is 239 g/mol. The molecule has 0 aliphatic rings. The van der Waals surface area contributed by atoms with Crippen LogP contribution in [0.1, 0.15) is 33.6 Å². The molecule has 5 nitrogen and oxygen atoms in total. The van der Waals surface area contributed by atoms with Gasteiger partial charge in [0.05, 0.1) is 19.7 Å². The van der Waals surface area contributed by atoms with Crippen molar-refractivity contribution >= 4 is 8.60 Å². The van der Waals surface area contributed by atoms with Crippen LogP contribution in [-0.2, 0) is 17.6 Å². The molecule has 0 aliphatic carbocycles. The fraction of sp³-hybridized carbons (Fsp3) is 0.727. The SMILES string of the molecule is CCCC[n+]1ccn(CC)c1.CCOP(O)O. The van der Waals surface area contributed by atoms with E-state index in [0.29, 0.717) is 6.61 Å². The van der Waals surface area contributed by atoms with Gasteiger partial charge in [-0.2, -0.15) is 0 Å². The van der Waals surface area contributed by atoms with Crippen molar-refractivity contribution in [2.75, 3.05) is 6.61 Å². The summed E-state index contributed by atoms with van der Waals surface area (Å²) in [6, 6.07) is 0. The number of rotatable bonds is 6. The summed E-state index contributed by atoms with van der Waals surface area (Å²) in [6.07, 6.45) is 8.97. The fourth-order valence-corrected chi connectivity index (χ4v) is 1.45. The maximum absolute atomic E-state index is 7.95. The highest BCUT2D eigenvalue weighted by atomic mass is 31.2. The van der Waals surface area contributed by atoms with Gasteiger partial charge in [0.15, 0.2) is 0 Å². The Balaban J connectivity index is 0.000000366. The van der Waals surface area contributed by atoms with E-state index in [1.165, 1.54) is 12.8 Å². The quantitative estimate of drug-likeness (QED) is 0.608. The third kappa shape index (κ3) is 9.24. The van der Waals surface area contributed by atoms with Crippen molar-refractivity contribution in [3.63, 3.8) is 0 Å². The largest absolute Gasteiger partial charge is 0.328 e. The lowest BCUT2D eigenvalue weighted by molar-refractivity contribution is -0.696. The first-order valence-electron chi connectivity index (χ1n) is 5.99. The van der Waals surface area contributed by atoms with E-state index in [0.717, 1.165) is 13.1 Å². The van der Waals surface area contributed by atoms with Gasteiger partial charge in [-0.3, -0.25) is 0 Å². The number of imidazole rings is 1. The van der Waals surface area contributed by atoms with Crippen molar-refractivity contribution in [1.29, 1.82) is 0 Å². The van der Waals surface area contributed by atoms with Gasteiger partial charge in [0.2, 0.25) is 6.33 Å². The van der Waals surface area contributed by atoms with Gasteiger partial charge in [-0.15, -0.1) is 0 Å². The van der Waals surface area contributed by atoms with E-state index in [-0.39, 0.29) is 0 Å². The van der Waals surface area contributed by atoms with E-state index in [4.69, 9.17) is 9.79 Å². The molecule has 0 atom stereocenters. The monoisotopic (exact) mass is 263 g/mol. The van der Waals surface area contributed by atoms with Crippen molar-refractivity contribution < 1.29 is 18.9 Å². The molecule has 0 saturated heterocycles. The van der Waals surface area contributed by atoms with Crippen molar-refractivity contribution in [3.05, 3.63) is 18.7 Å². The maximum Gasteiger partial charge on any atom is 0.327 e. The molecular formula is C11H24N2O3P+. The highest BCUT2D eigenvalue weighted by molar-refractivity contribution is 7.39. The molecule has 0 saturated carbocycles. The Morgan fingerprint density at radius 1 is 1.29 bits per heavy atom. The van der Waals surface area contributed by atoms with Crippen molar-refractivity contribution in [1.82, 2.24) is 4.57 Å². The zero-order valence-corrected chi connectivity index (χ0v) is 11.8. The smallest absolute Gasteiger partial charge is 0.327 e. The Labute approximate surface area is 105 Å². The van der Waals surface area contributed by atoms with E-state index in [1.54, 1.807) is 6.92 Å². The molecule has 0 spiro atoms. The zero-order valence-electron chi connectivity index (χ0n) is 10.9. The Kier molecular flexibility index (Phi) is 10.4. The molecule has 0 amide bonds. The lowest BCUT2D eigenvalue weighted by atomic mass is 10.3. The molecule has 1 rings (SSSR count). The van der Waals surface area contributed by atoms with Crippen molar-refractivity contribution in [2.45, 2.75) is 46.7 Å². The van der Waals surface area contributed by atoms with Crippen LogP contribution in [0.15, 0.2) is 18.7 Å². The van der Waals surface area contributed by atoms with Gasteiger partial charge < -0.3 is 14.3 Å². The third-order valence-electron chi connectivity index (χ3n) is 2.13. The molecule has 1 aromatic rings. The molecule has 0 aromatic carbocycles. The average Bonchev–Trinajstić information content (AvgIpc) is 2.75. The minimum atomic E-state index is -2.10. The van der Waals surface area contributed by atoms with E-state index in [1.807, 2.05) is 0 Å². The van der Waals surface area contributed by atoms with Gasteiger partial charge in [-0.1, -0.05) is 13.3 Å². The normalized spacial score (nSPS) is 10.2. The first kappa shape index (κ1) is 16.5. The molecule has 0 bridgehead atoms. The summed E-state index contributed by atoms with van der Waals surface area (Å²) in [6.45, 7) is 8.66. The van der Waals surface area contributed by atoms with Gasteiger partial charge in [-0.25, -0.2) is 9.13 Å². The predicted molar refractivity (Wildman–Crippen MR) is 68.2 cm³/mol. The first-order chi connectivity index (χ1) is 8.13. The summed E-state index contributed by atoms with van der Waals surface area (Å²) < 4.78 is 8.65. The number of nitrogens with zero attached hydrogens (tertiary/aromatic N) is 2. The second kappa shape index (κ2) is 10.7. The zero-order chi connectivity index (χ0) is 13.1. The highest BCUT2D eigenvalue weighted by Crippen LogP contribution is 2.22. The van der Waals surface area contributed by atoms with Crippen LogP contribution in [0.4, 0.5) is 0 Å². The van der Waals surface area contributed by atoms with Crippen LogP contribution >= 0.6 is 8.60 Å². The Hall–Kier alpha value is -0.480. The lowest BCUT2D eigenvalue weighted by Crippen LogP contribution is -2.30. The predicted octanol–water partition coefficient (Wildman–Crippen LogP) is 1.83. The number of hydrogen-bond donors (Lipinski definition) is 2. The Morgan fingerprint density at radius 2 is 2.00 bits per heavy atom. The molecule has 0 fully saturated rings. The standard InChI is InChI=1S/C9H17N2.C2H7O3P/c1-3-5-6-11-8-7-10(4-2)9-11;1-2-5-6(3)4/h7-9H,3-6H2,1-2H3;3-4H,2H2,1H3/q+1;. The van der Waals surface area contributed by atoms with Gasteiger partial charge in [-0.05, 0) is 20.3 Å². The summed E-state index contributed by atoms with van der Waals surface area (Å²) in [7, 11) is -2.10. The van der Waals surface area contributed by atoms with Gasteiger partial charge in [0, 0.05) is 0 Å². The first-order valence-corrected chi connectivity index (χ1v) is 7.16. The minimum Gasteiger partial charge on any atom is -0.328 e. The second-order valence-corrected chi connectivity index (χ2v) is 4.27. The average molecular weight is 263 g/mol. The van der Waals surface area contributed by atoms with E-state index in [2.05, 4.69) is 46.2 Å². The Morgan fingerprint density at radius 3 is 2.35 bits per heavy atom. The molecule has 1 heterocycles. The number of hydrogen-bond acceptors (Lipinski definition) is 3. The van der Waals surface area contributed by atoms with Crippen LogP contribution in [-0.4, -0.2) is 21.0 Å². The van der Waals surface area contributed by atoms with Crippen LogP contribution in [0, 0.1) is 0 Å². The second-order valence-electron chi connectivity index (χ2n) is 3.51. The van der Waals surface area contributed by atoms with Gasteiger partial charge in [0.25, 0.3) is 0 Å². The van der Waals surface area contributed by atoms with Gasteiger partial charge in [0.1, 0.15) is 12.4 Å². The summed E-state index contributed by atoms with van der Waals surface area (Å²) in [4.78, 5) is 15.9. The lowest BCUT2D eigenvalue weighted by Gasteiger charge is -1.95. The molecule has 2 N–H and O–H groups in total. The fourth-order valence-electron chi connectivity index (χ4n) is 1.21. The van der Waals surface area contributed by atoms with Crippen molar-refractivity contribution in [3.8, 4) is 0 Å². The molecule has 1 aromatic heterocycles. The molecule has 6 heteroatoms. The van der Waals surface area contributed by atoms with Crippen molar-refractivity contribution in [2.24, 2.45) is 0 Å². The highest BCUT2D eigenvalue weighted by Gasteiger charge is 1.99. The molecule has 0 radical (unpaired) electrons.